The number of methoxy groups -OCH3 is 2. The number of rotatable bonds is 10. The fourth-order valence-electron chi connectivity index (χ4n) is 4.36. The highest BCUT2D eigenvalue weighted by molar-refractivity contribution is 7.89. The van der Waals surface area contributed by atoms with Crippen molar-refractivity contribution in [2.24, 2.45) is 0 Å². The van der Waals surface area contributed by atoms with E-state index in [-0.39, 0.29) is 24.2 Å². The molecule has 0 aliphatic carbocycles. The first-order valence-corrected chi connectivity index (χ1v) is 14.1. The maximum atomic E-state index is 14.5. The van der Waals surface area contributed by atoms with Crippen molar-refractivity contribution in [2.45, 2.75) is 17.6 Å². The first-order valence-electron chi connectivity index (χ1n) is 12.3. The van der Waals surface area contributed by atoms with Crippen LogP contribution in [0.25, 0.3) is 0 Å². The van der Waals surface area contributed by atoms with Gasteiger partial charge < -0.3 is 14.2 Å². The van der Waals surface area contributed by atoms with Crippen molar-refractivity contribution in [1.82, 2.24) is 9.21 Å². The largest absolute Gasteiger partial charge is 0.497 e. The van der Waals surface area contributed by atoms with Crippen LogP contribution in [0.5, 0.6) is 5.75 Å². The number of esters is 1. The predicted octanol–water partition coefficient (Wildman–Crippen LogP) is 4.54. The molecule has 1 aliphatic heterocycles. The van der Waals surface area contributed by atoms with Gasteiger partial charge in [-0.3, -0.25) is 4.90 Å². The van der Waals surface area contributed by atoms with E-state index in [2.05, 4.69) is 4.90 Å². The summed E-state index contributed by atoms with van der Waals surface area (Å²) in [5, 5.41) is -0.229. The minimum atomic E-state index is -4.02. The summed E-state index contributed by atoms with van der Waals surface area (Å²) in [6.45, 7) is 2.10. The van der Waals surface area contributed by atoms with Crippen LogP contribution in [0.15, 0.2) is 71.6 Å². The van der Waals surface area contributed by atoms with E-state index in [4.69, 9.17) is 25.8 Å². The van der Waals surface area contributed by atoms with Crippen LogP contribution >= 0.6 is 11.6 Å². The van der Waals surface area contributed by atoms with Crippen LogP contribution in [0.4, 0.5) is 4.39 Å². The van der Waals surface area contributed by atoms with E-state index in [1.54, 1.807) is 19.2 Å². The first kappa shape index (κ1) is 29.0. The molecule has 8 nitrogen and oxygen atoms in total. The summed E-state index contributed by atoms with van der Waals surface area (Å²) in [6, 6.07) is 18.6. The van der Waals surface area contributed by atoms with Crippen molar-refractivity contribution in [1.29, 1.82) is 0 Å². The zero-order chi connectivity index (χ0) is 28.0. The summed E-state index contributed by atoms with van der Waals surface area (Å²) >= 11 is 5.81. The maximum Gasteiger partial charge on any atom is 0.337 e. The smallest absolute Gasteiger partial charge is 0.337 e. The minimum Gasteiger partial charge on any atom is -0.497 e. The van der Waals surface area contributed by atoms with Gasteiger partial charge >= 0.3 is 5.97 Å². The Bertz CT molecular complexity index is 1400. The van der Waals surface area contributed by atoms with Crippen LogP contribution in [0, 0.1) is 5.82 Å². The predicted molar refractivity (Wildman–Crippen MR) is 145 cm³/mol. The zero-order valence-electron chi connectivity index (χ0n) is 21.7. The lowest BCUT2D eigenvalue weighted by atomic mass is 10.1. The quantitative estimate of drug-likeness (QED) is 0.328. The third-order valence-electron chi connectivity index (χ3n) is 6.58. The van der Waals surface area contributed by atoms with Gasteiger partial charge in [-0.05, 0) is 47.5 Å². The second-order valence-electron chi connectivity index (χ2n) is 9.02. The van der Waals surface area contributed by atoms with Crippen molar-refractivity contribution in [2.75, 3.05) is 46.9 Å². The van der Waals surface area contributed by atoms with Crippen LogP contribution in [-0.2, 0) is 26.1 Å². The highest BCUT2D eigenvalue weighted by atomic mass is 35.5. The molecule has 1 heterocycles. The summed E-state index contributed by atoms with van der Waals surface area (Å²) in [5.41, 5.74) is 2.25. The standard InChI is InChI=1S/C28H30ClFN2O6S/c1-36-23-6-3-5-22(17-23)25(38-19-20-9-11-21(12-10-20)28(33)37-2)18-31-13-15-32(16-14-31)39(34,35)26-8-4-7-24(29)27(26)30/h3-12,17,25H,13-16,18-19H2,1-2H3/t25-/m1/s1. The highest BCUT2D eigenvalue weighted by Gasteiger charge is 2.32. The Morgan fingerprint density at radius 3 is 2.36 bits per heavy atom. The monoisotopic (exact) mass is 576 g/mol. The Balaban J connectivity index is 1.44. The molecule has 3 aromatic rings. The molecule has 0 bridgehead atoms. The average Bonchev–Trinajstić information content (AvgIpc) is 2.96. The molecule has 0 aromatic heterocycles. The number of hydrogen-bond acceptors (Lipinski definition) is 7. The normalized spacial score (nSPS) is 15.6. The van der Waals surface area contributed by atoms with E-state index in [0.29, 0.717) is 37.6 Å². The zero-order valence-corrected chi connectivity index (χ0v) is 23.3. The number of halogens is 2. The van der Waals surface area contributed by atoms with Crippen LogP contribution < -0.4 is 4.74 Å². The lowest BCUT2D eigenvalue weighted by Gasteiger charge is -2.36. The van der Waals surface area contributed by atoms with Gasteiger partial charge in [0, 0.05) is 32.7 Å². The number of hydrogen-bond donors (Lipinski definition) is 0. The van der Waals surface area contributed by atoms with Crippen LogP contribution in [0.3, 0.4) is 0 Å². The topological polar surface area (TPSA) is 85.4 Å². The second kappa shape index (κ2) is 12.9. The van der Waals surface area contributed by atoms with Gasteiger partial charge in [-0.1, -0.05) is 41.9 Å². The molecule has 1 saturated heterocycles. The Labute approximate surface area is 232 Å². The molecular weight excluding hydrogens is 547 g/mol. The van der Waals surface area contributed by atoms with Crippen molar-refractivity contribution < 1.29 is 31.8 Å². The van der Waals surface area contributed by atoms with Gasteiger partial charge in [0.2, 0.25) is 10.0 Å². The molecule has 208 valence electrons. The fourth-order valence-corrected chi connectivity index (χ4v) is 6.10. The molecule has 4 rings (SSSR count). The molecule has 0 unspecified atom stereocenters. The number of carbonyl (C=O) groups is 1. The van der Waals surface area contributed by atoms with E-state index in [1.165, 1.54) is 29.6 Å². The van der Waals surface area contributed by atoms with Crippen molar-refractivity contribution in [3.63, 3.8) is 0 Å². The highest BCUT2D eigenvalue weighted by Crippen LogP contribution is 2.28. The minimum absolute atomic E-state index is 0.202. The number of ether oxygens (including phenoxy) is 3. The number of benzene rings is 3. The van der Waals surface area contributed by atoms with Gasteiger partial charge in [0.05, 0.1) is 37.5 Å². The number of carbonyl (C=O) groups excluding carboxylic acids is 1. The molecule has 0 radical (unpaired) electrons. The Morgan fingerprint density at radius 1 is 1.00 bits per heavy atom. The van der Waals surface area contributed by atoms with Crippen molar-refractivity contribution in [3.05, 3.63) is 94.3 Å². The average molecular weight is 577 g/mol. The maximum absolute atomic E-state index is 14.5. The van der Waals surface area contributed by atoms with Gasteiger partial charge in [-0.2, -0.15) is 4.31 Å². The molecule has 39 heavy (non-hydrogen) atoms. The Morgan fingerprint density at radius 2 is 1.69 bits per heavy atom. The SMILES string of the molecule is COC(=O)c1ccc(CO[C@H](CN2CCN(S(=O)(=O)c3cccc(Cl)c3F)CC2)c2cccc(OC)c2)cc1. The van der Waals surface area contributed by atoms with Gasteiger partial charge in [-0.15, -0.1) is 0 Å². The number of nitrogens with zero attached hydrogens (tertiary/aromatic N) is 2. The third-order valence-corrected chi connectivity index (χ3v) is 8.79. The van der Waals surface area contributed by atoms with Crippen molar-refractivity contribution in [3.8, 4) is 5.75 Å². The van der Waals surface area contributed by atoms with E-state index in [9.17, 15) is 17.6 Å². The van der Waals surface area contributed by atoms with E-state index < -0.39 is 26.7 Å². The van der Waals surface area contributed by atoms with Crippen LogP contribution in [0.2, 0.25) is 5.02 Å². The molecule has 1 atom stereocenters. The molecular formula is C28H30ClFN2O6S. The molecule has 0 saturated carbocycles. The molecule has 11 heteroatoms. The molecule has 0 amide bonds. The molecule has 1 fully saturated rings. The second-order valence-corrected chi connectivity index (χ2v) is 11.3. The lowest BCUT2D eigenvalue weighted by molar-refractivity contribution is 0.00760. The fraction of sp³-hybridized carbons (Fsp3) is 0.321. The first-order chi connectivity index (χ1) is 18.7. The summed E-state index contributed by atoms with van der Waals surface area (Å²) in [4.78, 5) is 13.4. The molecule has 0 spiro atoms. The molecule has 3 aromatic carbocycles. The summed E-state index contributed by atoms with van der Waals surface area (Å²) in [6.07, 6.45) is -0.339. The van der Waals surface area contributed by atoms with Gasteiger partial charge in [0.25, 0.3) is 0 Å². The molecule has 0 N–H and O–H groups in total. The van der Waals surface area contributed by atoms with Crippen molar-refractivity contribution >= 4 is 27.6 Å². The summed E-state index contributed by atoms with van der Waals surface area (Å²) < 4.78 is 58.3. The summed E-state index contributed by atoms with van der Waals surface area (Å²) in [7, 11) is -1.09. The van der Waals surface area contributed by atoms with E-state index >= 15 is 0 Å². The van der Waals surface area contributed by atoms with Gasteiger partial charge in [-0.25, -0.2) is 17.6 Å². The number of sulfonamides is 1. The Hall–Kier alpha value is -3.02. The summed E-state index contributed by atoms with van der Waals surface area (Å²) in [5.74, 6) is -0.647. The lowest BCUT2D eigenvalue weighted by Crippen LogP contribution is -2.49. The van der Waals surface area contributed by atoms with Gasteiger partial charge in [0.15, 0.2) is 5.82 Å². The van der Waals surface area contributed by atoms with Gasteiger partial charge in [0.1, 0.15) is 10.6 Å². The number of piperazine rings is 1. The molecule has 1 aliphatic rings. The van der Waals surface area contributed by atoms with E-state index in [1.807, 2.05) is 36.4 Å². The van der Waals surface area contributed by atoms with E-state index in [0.717, 1.165) is 11.1 Å². The van der Waals surface area contributed by atoms with Crippen LogP contribution in [0.1, 0.15) is 27.6 Å². The third kappa shape index (κ3) is 6.95. The Kier molecular flexibility index (Phi) is 9.58. The van der Waals surface area contributed by atoms with Crippen LogP contribution in [-0.4, -0.2) is 70.5 Å².